The zero-order chi connectivity index (χ0) is 14.8. The summed E-state index contributed by atoms with van der Waals surface area (Å²) in [4.78, 5) is 13.1. The lowest BCUT2D eigenvalue weighted by molar-refractivity contribution is 0.413. The zero-order valence-corrected chi connectivity index (χ0v) is 12.2. The van der Waals surface area contributed by atoms with E-state index in [2.05, 4.69) is 24.9 Å². The van der Waals surface area contributed by atoms with Crippen molar-refractivity contribution in [3.05, 3.63) is 18.3 Å². The van der Waals surface area contributed by atoms with Crippen LogP contribution in [0.2, 0.25) is 0 Å². The van der Waals surface area contributed by atoms with E-state index in [4.69, 9.17) is 10.5 Å². The molecule has 0 spiro atoms. The average molecular weight is 289 g/mol. The van der Waals surface area contributed by atoms with Gasteiger partial charge in [-0.2, -0.15) is 4.98 Å². The third-order valence-electron chi connectivity index (χ3n) is 3.60. The van der Waals surface area contributed by atoms with E-state index >= 15 is 0 Å². The van der Waals surface area contributed by atoms with Crippen molar-refractivity contribution in [3.63, 3.8) is 0 Å². The lowest BCUT2D eigenvalue weighted by Crippen LogP contribution is -2.47. The highest BCUT2D eigenvalue weighted by Gasteiger charge is 2.21. The molecule has 0 radical (unpaired) electrons. The first-order chi connectivity index (χ1) is 10.2. The molecular formula is C13H19N7O. The maximum Gasteiger partial charge on any atom is 0.241 e. The number of hydrogen-bond acceptors (Lipinski definition) is 7. The van der Waals surface area contributed by atoms with E-state index in [1.54, 1.807) is 18.0 Å². The summed E-state index contributed by atoms with van der Waals surface area (Å²) in [6.07, 6.45) is 1.74. The van der Waals surface area contributed by atoms with Gasteiger partial charge in [-0.1, -0.05) is 0 Å². The molecule has 3 rings (SSSR count). The summed E-state index contributed by atoms with van der Waals surface area (Å²) in [6, 6.07) is 3.91. The lowest BCUT2D eigenvalue weighted by atomic mass is 10.3. The van der Waals surface area contributed by atoms with Crippen LogP contribution in [0.25, 0.3) is 0 Å². The van der Waals surface area contributed by atoms with Gasteiger partial charge in [-0.3, -0.25) is 0 Å². The van der Waals surface area contributed by atoms with E-state index in [1.807, 2.05) is 19.2 Å². The number of rotatable bonds is 3. The predicted octanol–water partition coefficient (Wildman–Crippen LogP) is 0.127. The number of aryl methyl sites for hydroxylation is 1. The first-order valence-corrected chi connectivity index (χ1v) is 6.84. The highest BCUT2D eigenvalue weighted by atomic mass is 16.5. The van der Waals surface area contributed by atoms with Gasteiger partial charge in [-0.25, -0.2) is 9.67 Å². The summed E-state index contributed by atoms with van der Waals surface area (Å²) in [5.41, 5.74) is 5.63. The summed E-state index contributed by atoms with van der Waals surface area (Å²) in [5.74, 6) is 2.86. The number of methoxy groups -OCH3 is 1. The van der Waals surface area contributed by atoms with E-state index < -0.39 is 0 Å². The van der Waals surface area contributed by atoms with Gasteiger partial charge in [-0.05, 0) is 12.1 Å². The van der Waals surface area contributed by atoms with Crippen molar-refractivity contribution in [1.82, 2.24) is 19.7 Å². The van der Waals surface area contributed by atoms with Gasteiger partial charge in [-0.15, -0.1) is 5.10 Å². The van der Waals surface area contributed by atoms with Gasteiger partial charge >= 0.3 is 0 Å². The largest absolute Gasteiger partial charge is 0.495 e. The first-order valence-electron chi connectivity index (χ1n) is 6.84. The van der Waals surface area contributed by atoms with Crippen molar-refractivity contribution in [2.45, 2.75) is 0 Å². The number of piperazine rings is 1. The van der Waals surface area contributed by atoms with E-state index in [-0.39, 0.29) is 0 Å². The highest BCUT2D eigenvalue weighted by molar-refractivity contribution is 5.44. The minimum absolute atomic E-state index is 0.312. The number of nitrogens with two attached hydrogens (primary N) is 1. The molecule has 0 saturated carbocycles. The Balaban J connectivity index is 1.65. The molecule has 8 nitrogen and oxygen atoms in total. The first kappa shape index (κ1) is 13.5. The molecule has 3 heterocycles. The molecule has 0 atom stereocenters. The van der Waals surface area contributed by atoms with Gasteiger partial charge in [0, 0.05) is 33.2 Å². The maximum absolute atomic E-state index is 5.63. The van der Waals surface area contributed by atoms with Gasteiger partial charge in [0.1, 0.15) is 11.6 Å². The minimum Gasteiger partial charge on any atom is -0.495 e. The molecule has 0 bridgehead atoms. The molecule has 0 aromatic carbocycles. The van der Waals surface area contributed by atoms with Crippen LogP contribution in [-0.2, 0) is 7.05 Å². The van der Waals surface area contributed by atoms with E-state index in [1.165, 1.54) is 0 Å². The standard InChI is InChI=1S/C13H19N7O/c1-18-13(16-12(14)17-18)20-7-5-19(6-8-20)11-4-3-10(21-2)9-15-11/h3-4,9H,5-8H2,1-2H3,(H2,14,17). The van der Waals surface area contributed by atoms with Crippen LogP contribution in [0.15, 0.2) is 18.3 Å². The molecule has 112 valence electrons. The summed E-state index contributed by atoms with van der Waals surface area (Å²) in [7, 11) is 3.50. The second-order valence-electron chi connectivity index (χ2n) is 4.92. The molecule has 1 aliphatic rings. The van der Waals surface area contributed by atoms with Crippen LogP contribution in [0, 0.1) is 0 Å². The van der Waals surface area contributed by atoms with Crippen LogP contribution in [0.5, 0.6) is 5.75 Å². The molecule has 2 aromatic rings. The summed E-state index contributed by atoms with van der Waals surface area (Å²) >= 11 is 0. The third-order valence-corrected chi connectivity index (χ3v) is 3.60. The molecule has 2 aromatic heterocycles. The van der Waals surface area contributed by atoms with Crippen LogP contribution in [-0.4, -0.2) is 53.0 Å². The minimum atomic E-state index is 0.312. The number of hydrogen-bond donors (Lipinski definition) is 1. The fourth-order valence-corrected chi connectivity index (χ4v) is 2.49. The Labute approximate surface area is 123 Å². The van der Waals surface area contributed by atoms with Crippen LogP contribution in [0.1, 0.15) is 0 Å². The van der Waals surface area contributed by atoms with Gasteiger partial charge in [0.2, 0.25) is 11.9 Å². The van der Waals surface area contributed by atoms with E-state index in [0.717, 1.165) is 43.7 Å². The number of aromatic nitrogens is 4. The SMILES string of the molecule is COc1ccc(N2CCN(c3nc(N)nn3C)CC2)nc1. The van der Waals surface area contributed by atoms with Crippen LogP contribution in [0.4, 0.5) is 17.7 Å². The second kappa shape index (κ2) is 5.47. The smallest absolute Gasteiger partial charge is 0.241 e. The molecular weight excluding hydrogens is 270 g/mol. The summed E-state index contributed by atoms with van der Waals surface area (Å²) in [6.45, 7) is 3.48. The monoisotopic (exact) mass is 289 g/mol. The van der Waals surface area contributed by atoms with Crippen molar-refractivity contribution in [2.75, 3.05) is 48.8 Å². The van der Waals surface area contributed by atoms with E-state index in [0.29, 0.717) is 5.95 Å². The number of ether oxygens (including phenoxy) is 1. The Morgan fingerprint density at radius 3 is 2.38 bits per heavy atom. The predicted molar refractivity (Wildman–Crippen MR) is 80.6 cm³/mol. The normalized spacial score (nSPS) is 15.3. The molecule has 1 aliphatic heterocycles. The Morgan fingerprint density at radius 2 is 1.86 bits per heavy atom. The van der Waals surface area contributed by atoms with Crippen molar-refractivity contribution in [1.29, 1.82) is 0 Å². The highest BCUT2D eigenvalue weighted by Crippen LogP contribution is 2.19. The summed E-state index contributed by atoms with van der Waals surface area (Å²) < 4.78 is 6.85. The third kappa shape index (κ3) is 2.69. The second-order valence-corrected chi connectivity index (χ2v) is 4.92. The average Bonchev–Trinajstić information content (AvgIpc) is 2.86. The Morgan fingerprint density at radius 1 is 1.14 bits per heavy atom. The number of anilines is 3. The Bertz CT molecular complexity index is 601. The van der Waals surface area contributed by atoms with Crippen molar-refractivity contribution in [3.8, 4) is 5.75 Å². The molecule has 1 saturated heterocycles. The molecule has 0 unspecified atom stereocenters. The Hall–Kier alpha value is -2.51. The quantitative estimate of drug-likeness (QED) is 0.859. The number of pyridine rings is 1. The number of nitrogen functional groups attached to an aromatic ring is 1. The zero-order valence-electron chi connectivity index (χ0n) is 12.2. The molecule has 8 heteroatoms. The van der Waals surface area contributed by atoms with Gasteiger partial charge in [0.05, 0.1) is 13.3 Å². The van der Waals surface area contributed by atoms with Gasteiger partial charge in [0.25, 0.3) is 0 Å². The van der Waals surface area contributed by atoms with Crippen molar-refractivity contribution < 1.29 is 4.74 Å². The maximum atomic E-state index is 5.63. The Kier molecular flexibility index (Phi) is 3.51. The van der Waals surface area contributed by atoms with Crippen molar-refractivity contribution in [2.24, 2.45) is 7.05 Å². The van der Waals surface area contributed by atoms with Gasteiger partial charge < -0.3 is 20.3 Å². The summed E-state index contributed by atoms with van der Waals surface area (Å²) in [5, 5.41) is 4.08. The van der Waals surface area contributed by atoms with Crippen LogP contribution >= 0.6 is 0 Å². The molecule has 21 heavy (non-hydrogen) atoms. The molecule has 1 fully saturated rings. The number of nitrogens with zero attached hydrogens (tertiary/aromatic N) is 6. The van der Waals surface area contributed by atoms with Crippen molar-refractivity contribution >= 4 is 17.7 Å². The molecule has 0 aliphatic carbocycles. The fourth-order valence-electron chi connectivity index (χ4n) is 2.49. The molecule has 2 N–H and O–H groups in total. The topological polar surface area (TPSA) is 85.3 Å². The lowest BCUT2D eigenvalue weighted by Gasteiger charge is -2.35. The van der Waals surface area contributed by atoms with Crippen LogP contribution in [0.3, 0.4) is 0 Å². The van der Waals surface area contributed by atoms with E-state index in [9.17, 15) is 0 Å². The fraction of sp³-hybridized carbons (Fsp3) is 0.462. The van der Waals surface area contributed by atoms with Gasteiger partial charge in [0.15, 0.2) is 0 Å². The van der Waals surface area contributed by atoms with Crippen LogP contribution < -0.4 is 20.3 Å². The molecule has 0 amide bonds.